The molecule has 686 valence electrons. The normalized spacial score (nSPS) is 11.0. The van der Waals surface area contributed by atoms with Gasteiger partial charge in [0.1, 0.15) is 40.3 Å². The van der Waals surface area contributed by atoms with Gasteiger partial charge in [-0.1, -0.05) is 335 Å². The Labute approximate surface area is 846 Å². The van der Waals surface area contributed by atoms with Crippen LogP contribution in [0.1, 0.15) is 22.8 Å². The number of fused-ring (bicyclic) bond motifs is 12. The van der Waals surface area contributed by atoms with Crippen LogP contribution in [0.25, 0.3) is 199 Å². The quantitative estimate of drug-likeness (QED) is 0.0613. The predicted octanol–water partition coefficient (Wildman–Crippen LogP) is 32.2. The van der Waals surface area contributed by atoms with E-state index in [1.54, 1.807) is 13.0 Å². The van der Waals surface area contributed by atoms with Crippen molar-refractivity contribution >= 4 is 122 Å². The summed E-state index contributed by atoms with van der Waals surface area (Å²) in [5.74, 6) is 1.45. The Hall–Kier alpha value is -21.1. The van der Waals surface area contributed by atoms with Crippen molar-refractivity contribution in [1.29, 1.82) is 15.8 Å². The third-order valence-electron chi connectivity index (χ3n) is 26.3. The molecule has 0 spiro atoms. The fraction of sp³-hybridized carbons (Fsp3) is 0.00775. The van der Waals surface area contributed by atoms with Gasteiger partial charge in [-0.2, -0.15) is 15.8 Å². The first kappa shape index (κ1) is 89.7. The average Bonchev–Trinajstić information content (AvgIpc) is 1.33. The van der Waals surface area contributed by atoms with Crippen LogP contribution in [0, 0.1) is 54.1 Å². The van der Waals surface area contributed by atoms with E-state index in [2.05, 4.69) is 465 Å². The highest BCUT2D eigenvalue weighted by Crippen LogP contribution is 2.45. The fourth-order valence-electron chi connectivity index (χ4n) is 19.1. The van der Waals surface area contributed by atoms with E-state index >= 15 is 0 Å². The first-order chi connectivity index (χ1) is 72.5. The molecule has 0 fully saturated rings. The topological polar surface area (TPSA) is 212 Å². The SMILES string of the molecule is [C-]#[N+]c1nc2c(nc1C#N)c1nc(C)c(C#N)nc1c1nc(C#N)c([N+]#[C-])nc12.c1ccc(-c2ccc(-c3ccc(N(c4ccccc4)c4ccc(-c5ccc(N(c6ccc(-c7ccccc7)cc6)c6ccc(-c7ccccc7)cc6)cc5)cc4)cc3)cc2)cc1.c1ccc(-c2nc(-c3ccccc3)nc(-c3ccc(-n4c5ccccc5c5cc(-c6ccc7c(c6)c6ccccc6n7-c6ccccc6)ccc54)cc3)n2)cc1. The van der Waals surface area contributed by atoms with E-state index in [9.17, 15) is 15.8 Å². The zero-order valence-corrected chi connectivity index (χ0v) is 79.0. The third kappa shape index (κ3) is 17.6. The van der Waals surface area contributed by atoms with E-state index in [0.29, 0.717) is 23.2 Å². The van der Waals surface area contributed by atoms with E-state index in [1.165, 1.54) is 88.2 Å². The number of aromatic nitrogens is 11. The van der Waals surface area contributed by atoms with Gasteiger partial charge in [0.25, 0.3) is 0 Å². The number of nitrogens with zero attached hydrogens (tertiary/aromatic N) is 18. The molecule has 0 aliphatic carbocycles. The van der Waals surface area contributed by atoms with Crippen LogP contribution in [0.5, 0.6) is 0 Å². The van der Waals surface area contributed by atoms with Crippen molar-refractivity contribution in [3.8, 4) is 131 Å². The number of benzene rings is 19. The van der Waals surface area contributed by atoms with Crippen LogP contribution in [0.15, 0.2) is 467 Å². The molecule has 0 amide bonds. The van der Waals surface area contributed by atoms with Crippen LogP contribution in [0.4, 0.5) is 45.8 Å². The second kappa shape index (κ2) is 39.6. The number of anilines is 6. The molecule has 0 aliphatic rings. The number of hydrogen-bond acceptors (Lipinski definition) is 14. The minimum atomic E-state index is -0.253. The van der Waals surface area contributed by atoms with Crippen LogP contribution >= 0.6 is 0 Å². The Morgan fingerprint density at radius 1 is 0.211 bits per heavy atom. The lowest BCUT2D eigenvalue weighted by Crippen LogP contribution is -2.10. The Kier molecular flexibility index (Phi) is 24.2. The summed E-state index contributed by atoms with van der Waals surface area (Å²) in [4.78, 5) is 51.2. The molecule has 0 radical (unpaired) electrons. The van der Waals surface area contributed by atoms with E-state index in [4.69, 9.17) is 28.1 Å². The minimum absolute atomic E-state index is 0.0407. The monoisotopic (exact) mass is 1880 g/mol. The molecule has 0 aliphatic heterocycles. The van der Waals surface area contributed by atoms with Gasteiger partial charge in [0, 0.05) is 83.7 Å². The molecule has 147 heavy (non-hydrogen) atoms. The van der Waals surface area contributed by atoms with Crippen molar-refractivity contribution in [2.75, 3.05) is 9.80 Å². The first-order valence-corrected chi connectivity index (χ1v) is 47.8. The molecule has 0 bridgehead atoms. The summed E-state index contributed by atoms with van der Waals surface area (Å²) in [6, 6.07) is 171. The van der Waals surface area contributed by atoms with Crippen molar-refractivity contribution in [2.45, 2.75) is 6.92 Å². The highest BCUT2D eigenvalue weighted by molar-refractivity contribution is 6.19. The largest absolute Gasteiger partial charge is 0.358 e. The summed E-state index contributed by atoms with van der Waals surface area (Å²) in [5, 5.41) is 32.8. The molecular weight excluding hydrogens is 1800 g/mol. The summed E-state index contributed by atoms with van der Waals surface area (Å²) >= 11 is 0. The van der Waals surface area contributed by atoms with Crippen LogP contribution in [0.3, 0.4) is 0 Å². The van der Waals surface area contributed by atoms with E-state index in [1.807, 2.05) is 72.8 Å². The zero-order valence-electron chi connectivity index (χ0n) is 79.0. The van der Waals surface area contributed by atoms with Gasteiger partial charge in [-0.3, -0.25) is 0 Å². The number of rotatable bonds is 17. The standard InChI is InChI=1S/C60H44N2.C51H33N5.C18H3N11/c1-5-13-45(14-6-1)48-21-23-49(24-22-48)52-29-39-56(40-30-52)61(55-19-11-4-12-20-55)57-41-31-53(32-42-57)54-33-43-60(44-34-54)62(58-35-25-50(26-36-58)46-15-7-2-8-16-46)59-37-27-51(28-38-59)47-17-9-3-10-18-47;1-4-14-34(15-5-1)49-52-50(35-16-6-2-7-17-35)54-51(53-49)36-24-28-40(29-25-36)56-46-23-13-11-21-42(46)44-33-38(27-31-48(44)56)37-26-30-47-43(32-37)41-20-10-12-22-45(41)55(47)39-18-8-3-9-19-39;1-7-8(4-19)25-12-11(24-7)13-15(28-17(22-2)9(5-20)26-13)16-14(12)27-10(6-21)18(23-3)29-16/h1-44H;1-33H;1H3. The molecule has 0 saturated carbocycles. The molecule has 0 unspecified atom stereocenters. The summed E-state index contributed by atoms with van der Waals surface area (Å²) in [6.45, 7) is 16.1. The van der Waals surface area contributed by atoms with Crippen LogP contribution in [0.2, 0.25) is 0 Å². The lowest BCUT2D eigenvalue weighted by Gasteiger charge is -2.26. The van der Waals surface area contributed by atoms with Crippen molar-refractivity contribution < 1.29 is 0 Å². The van der Waals surface area contributed by atoms with Crippen LogP contribution < -0.4 is 9.80 Å². The van der Waals surface area contributed by atoms with Crippen molar-refractivity contribution in [3.63, 3.8) is 0 Å². The Morgan fingerprint density at radius 3 is 0.769 bits per heavy atom. The summed E-state index contributed by atoms with van der Waals surface area (Å²) in [5.41, 5.74) is 31.4. The smallest absolute Gasteiger partial charge is 0.307 e. The van der Waals surface area contributed by atoms with Crippen molar-refractivity contribution in [3.05, 3.63) is 513 Å². The number of nitriles is 3. The average molecular weight is 1880 g/mol. The molecule has 6 heterocycles. The van der Waals surface area contributed by atoms with Crippen LogP contribution in [-0.4, -0.2) is 54.0 Å². The maximum atomic E-state index is 9.31. The summed E-state index contributed by atoms with van der Waals surface area (Å²) in [6.07, 6.45) is 0. The number of hydrogen-bond donors (Lipinski definition) is 0. The third-order valence-corrected chi connectivity index (χ3v) is 26.3. The maximum absolute atomic E-state index is 9.31. The van der Waals surface area contributed by atoms with Crippen molar-refractivity contribution in [2.24, 2.45) is 0 Å². The first-order valence-electron chi connectivity index (χ1n) is 47.8. The lowest BCUT2D eigenvalue weighted by atomic mass is 10.00. The Morgan fingerprint density at radius 2 is 0.442 bits per heavy atom. The van der Waals surface area contributed by atoms with Crippen molar-refractivity contribution in [1.82, 2.24) is 54.0 Å². The molecule has 18 heteroatoms. The second-order valence-electron chi connectivity index (χ2n) is 35.1. The van der Waals surface area contributed by atoms with Gasteiger partial charge in [0.05, 0.1) is 27.8 Å². The molecule has 0 atom stereocenters. The van der Waals surface area contributed by atoms with E-state index in [0.717, 1.165) is 84.3 Å². The Bertz CT molecular complexity index is 9340. The molecule has 25 rings (SSSR count). The molecular formula is C129H80N18. The predicted molar refractivity (Wildman–Crippen MR) is 590 cm³/mol. The van der Waals surface area contributed by atoms with Gasteiger partial charge in [-0.05, 0) is 219 Å². The van der Waals surface area contributed by atoms with Gasteiger partial charge >= 0.3 is 11.6 Å². The van der Waals surface area contributed by atoms with Crippen LogP contribution in [-0.2, 0) is 0 Å². The maximum Gasteiger partial charge on any atom is 0.307 e. The van der Waals surface area contributed by atoms with Gasteiger partial charge in [0.15, 0.2) is 34.6 Å². The lowest BCUT2D eigenvalue weighted by molar-refractivity contribution is 1.07. The minimum Gasteiger partial charge on any atom is -0.358 e. The molecule has 19 aromatic carbocycles. The molecule has 25 aromatic rings. The molecule has 6 aromatic heterocycles. The number of aryl methyl sites for hydroxylation is 1. The Balaban J connectivity index is 0.000000129. The van der Waals surface area contributed by atoms with Gasteiger partial charge in [-0.25, -0.2) is 34.9 Å². The van der Waals surface area contributed by atoms with Gasteiger partial charge < -0.3 is 28.6 Å². The summed E-state index contributed by atoms with van der Waals surface area (Å²) < 4.78 is 4.72. The van der Waals surface area contributed by atoms with E-state index < -0.39 is 0 Å². The highest BCUT2D eigenvalue weighted by Gasteiger charge is 2.28. The zero-order chi connectivity index (χ0) is 99.2. The molecule has 0 N–H and O–H groups in total. The molecule has 18 nitrogen and oxygen atoms in total. The summed E-state index contributed by atoms with van der Waals surface area (Å²) in [7, 11) is 0. The molecule has 0 saturated heterocycles. The van der Waals surface area contributed by atoms with Gasteiger partial charge in [0.2, 0.25) is 11.0 Å². The number of para-hydroxylation sites is 4. The highest BCUT2D eigenvalue weighted by atomic mass is 15.2. The van der Waals surface area contributed by atoms with Gasteiger partial charge in [-0.15, -0.1) is 9.97 Å². The van der Waals surface area contributed by atoms with E-state index in [-0.39, 0.29) is 61.8 Å². The fourth-order valence-corrected chi connectivity index (χ4v) is 19.1. The second-order valence-corrected chi connectivity index (χ2v) is 35.1.